The molecular formula is C8H10F3NO2. The molecule has 0 fully saturated rings. The first-order valence-corrected chi connectivity index (χ1v) is 3.98. The van der Waals surface area contributed by atoms with E-state index in [1.807, 2.05) is 0 Å². The number of halogens is 3. The molecule has 1 heterocycles. The van der Waals surface area contributed by atoms with Crippen molar-refractivity contribution in [2.75, 3.05) is 6.61 Å². The van der Waals surface area contributed by atoms with Gasteiger partial charge in [-0.1, -0.05) is 0 Å². The monoisotopic (exact) mass is 209 g/mol. The lowest BCUT2D eigenvalue weighted by atomic mass is 10.4. The summed E-state index contributed by atoms with van der Waals surface area (Å²) >= 11 is 0. The smallest absolute Gasteiger partial charge is 0.390 e. The summed E-state index contributed by atoms with van der Waals surface area (Å²) in [6.45, 7) is -0.577. The maximum Gasteiger partial charge on any atom is 0.522 e. The van der Waals surface area contributed by atoms with Gasteiger partial charge in [-0.2, -0.15) is 0 Å². The Labute approximate surface area is 78.7 Å². The lowest BCUT2D eigenvalue weighted by molar-refractivity contribution is -0.325. The summed E-state index contributed by atoms with van der Waals surface area (Å²) in [5.41, 5.74) is 0.566. The normalized spacial score (nSPS) is 12.0. The molecule has 0 saturated heterocycles. The molecule has 1 aromatic heterocycles. The van der Waals surface area contributed by atoms with Crippen LogP contribution >= 0.6 is 0 Å². The van der Waals surface area contributed by atoms with Crippen LogP contribution in [0.2, 0.25) is 0 Å². The van der Waals surface area contributed by atoms with Crippen molar-refractivity contribution in [1.29, 1.82) is 0 Å². The van der Waals surface area contributed by atoms with Gasteiger partial charge in [-0.3, -0.25) is 4.74 Å². The van der Waals surface area contributed by atoms with Crippen LogP contribution in [0.15, 0.2) is 18.3 Å². The van der Waals surface area contributed by atoms with Crippen LogP contribution in [0.1, 0.15) is 5.69 Å². The van der Waals surface area contributed by atoms with E-state index < -0.39 is 13.0 Å². The minimum atomic E-state index is -4.59. The molecule has 1 N–H and O–H groups in total. The van der Waals surface area contributed by atoms with Crippen molar-refractivity contribution in [3.8, 4) is 0 Å². The molecule has 0 aliphatic rings. The first kappa shape index (κ1) is 11.1. The molecule has 0 atom stereocenters. The molecule has 0 aromatic carbocycles. The van der Waals surface area contributed by atoms with Gasteiger partial charge in [0.1, 0.15) is 0 Å². The summed E-state index contributed by atoms with van der Waals surface area (Å²) in [5.74, 6) is 0. The Hall–Kier alpha value is -1.01. The van der Waals surface area contributed by atoms with Crippen molar-refractivity contribution >= 4 is 0 Å². The molecule has 0 spiro atoms. The fraction of sp³-hybridized carbons (Fsp3) is 0.500. The Kier molecular flexibility index (Phi) is 3.54. The van der Waals surface area contributed by atoms with E-state index in [0.29, 0.717) is 5.69 Å². The second kappa shape index (κ2) is 4.47. The predicted molar refractivity (Wildman–Crippen MR) is 42.4 cm³/mol. The first-order chi connectivity index (χ1) is 6.53. The molecule has 1 rings (SSSR count). The van der Waals surface area contributed by atoms with Crippen LogP contribution in [-0.2, 0) is 17.9 Å². The summed E-state index contributed by atoms with van der Waals surface area (Å²) in [7, 11) is 0. The standard InChI is InChI=1S/C8H10F3NO2/c9-8(10,11)14-5-4-12-3-1-2-7(12)6-13/h1-3,13H,4-6H2. The van der Waals surface area contributed by atoms with Crippen molar-refractivity contribution in [2.45, 2.75) is 19.5 Å². The number of ether oxygens (including phenoxy) is 1. The van der Waals surface area contributed by atoms with Crippen LogP contribution in [-0.4, -0.2) is 22.6 Å². The van der Waals surface area contributed by atoms with Gasteiger partial charge in [-0.15, -0.1) is 13.2 Å². The van der Waals surface area contributed by atoms with Gasteiger partial charge < -0.3 is 9.67 Å². The van der Waals surface area contributed by atoms with Crippen LogP contribution in [0.3, 0.4) is 0 Å². The topological polar surface area (TPSA) is 34.4 Å². The Morgan fingerprint density at radius 3 is 2.71 bits per heavy atom. The van der Waals surface area contributed by atoms with E-state index in [1.54, 1.807) is 18.3 Å². The molecule has 0 unspecified atom stereocenters. The molecule has 80 valence electrons. The minimum Gasteiger partial charge on any atom is -0.390 e. The second-order valence-corrected chi connectivity index (χ2v) is 2.65. The molecule has 3 nitrogen and oxygen atoms in total. The third-order valence-corrected chi connectivity index (χ3v) is 1.68. The van der Waals surface area contributed by atoms with Gasteiger partial charge in [0.2, 0.25) is 0 Å². The third-order valence-electron chi connectivity index (χ3n) is 1.68. The Balaban J connectivity index is 2.38. The molecular weight excluding hydrogens is 199 g/mol. The lowest BCUT2D eigenvalue weighted by Gasteiger charge is -2.09. The van der Waals surface area contributed by atoms with Crippen molar-refractivity contribution in [3.05, 3.63) is 24.0 Å². The van der Waals surface area contributed by atoms with Crippen molar-refractivity contribution in [3.63, 3.8) is 0 Å². The quantitative estimate of drug-likeness (QED) is 0.815. The van der Waals surface area contributed by atoms with Crippen LogP contribution in [0.4, 0.5) is 13.2 Å². The first-order valence-electron chi connectivity index (χ1n) is 3.98. The highest BCUT2D eigenvalue weighted by Crippen LogP contribution is 2.16. The molecule has 0 radical (unpaired) electrons. The van der Waals surface area contributed by atoms with Crippen LogP contribution in [0.25, 0.3) is 0 Å². The van der Waals surface area contributed by atoms with Crippen molar-refractivity contribution < 1.29 is 23.0 Å². The van der Waals surface area contributed by atoms with Crippen molar-refractivity contribution in [1.82, 2.24) is 4.57 Å². The highest BCUT2D eigenvalue weighted by Gasteiger charge is 2.28. The number of hydrogen-bond acceptors (Lipinski definition) is 2. The third kappa shape index (κ3) is 3.39. The fourth-order valence-electron chi connectivity index (χ4n) is 1.07. The Bertz CT molecular complexity index is 282. The fourth-order valence-corrected chi connectivity index (χ4v) is 1.07. The van der Waals surface area contributed by atoms with Gasteiger partial charge in [-0.05, 0) is 12.1 Å². The highest BCUT2D eigenvalue weighted by molar-refractivity contribution is 5.05. The van der Waals surface area contributed by atoms with E-state index in [9.17, 15) is 13.2 Å². The van der Waals surface area contributed by atoms with Crippen LogP contribution < -0.4 is 0 Å². The van der Waals surface area contributed by atoms with Gasteiger partial charge in [0.25, 0.3) is 0 Å². The molecule has 6 heteroatoms. The summed E-state index contributed by atoms with van der Waals surface area (Å²) < 4.78 is 39.9. The van der Waals surface area contributed by atoms with E-state index in [-0.39, 0.29) is 13.2 Å². The van der Waals surface area contributed by atoms with Gasteiger partial charge >= 0.3 is 6.36 Å². The second-order valence-electron chi connectivity index (χ2n) is 2.65. The lowest BCUT2D eigenvalue weighted by Crippen LogP contribution is -2.17. The minimum absolute atomic E-state index is 0.0718. The van der Waals surface area contributed by atoms with E-state index in [2.05, 4.69) is 4.74 Å². The predicted octanol–water partition coefficient (Wildman–Crippen LogP) is 1.52. The van der Waals surface area contributed by atoms with E-state index in [1.165, 1.54) is 4.57 Å². The number of aliphatic hydroxyl groups excluding tert-OH is 1. The molecule has 0 amide bonds. The number of aromatic nitrogens is 1. The van der Waals surface area contributed by atoms with Crippen LogP contribution in [0.5, 0.6) is 0 Å². The number of nitrogens with zero attached hydrogens (tertiary/aromatic N) is 1. The average Bonchev–Trinajstić information content (AvgIpc) is 2.49. The van der Waals surface area contributed by atoms with Crippen LogP contribution in [0, 0.1) is 0 Å². The number of alkyl halides is 3. The molecule has 1 aromatic rings. The summed E-state index contributed by atoms with van der Waals surface area (Å²) in [5, 5.41) is 8.78. The highest BCUT2D eigenvalue weighted by atomic mass is 19.4. The summed E-state index contributed by atoms with van der Waals surface area (Å²) in [6.07, 6.45) is -3.00. The number of aliphatic hydroxyl groups is 1. The largest absolute Gasteiger partial charge is 0.522 e. The maximum atomic E-state index is 11.6. The average molecular weight is 209 g/mol. The van der Waals surface area contributed by atoms with Crippen molar-refractivity contribution in [2.24, 2.45) is 0 Å². The molecule has 0 bridgehead atoms. The zero-order valence-electron chi connectivity index (χ0n) is 7.29. The molecule has 0 saturated carbocycles. The summed E-state index contributed by atoms with van der Waals surface area (Å²) in [6, 6.07) is 3.28. The zero-order chi connectivity index (χ0) is 10.6. The van der Waals surface area contributed by atoms with Gasteiger partial charge in [0, 0.05) is 18.4 Å². The Morgan fingerprint density at radius 1 is 1.43 bits per heavy atom. The van der Waals surface area contributed by atoms with Gasteiger partial charge in [0.15, 0.2) is 0 Å². The number of rotatable bonds is 4. The van der Waals surface area contributed by atoms with Gasteiger partial charge in [0.05, 0.1) is 13.2 Å². The zero-order valence-corrected chi connectivity index (χ0v) is 7.29. The molecule has 0 aliphatic heterocycles. The molecule has 14 heavy (non-hydrogen) atoms. The van der Waals surface area contributed by atoms with Gasteiger partial charge in [-0.25, -0.2) is 0 Å². The SMILES string of the molecule is OCc1cccn1CCOC(F)(F)F. The van der Waals surface area contributed by atoms with E-state index in [0.717, 1.165) is 0 Å². The van der Waals surface area contributed by atoms with E-state index >= 15 is 0 Å². The van der Waals surface area contributed by atoms with E-state index in [4.69, 9.17) is 5.11 Å². The Morgan fingerprint density at radius 2 is 2.14 bits per heavy atom. The number of hydrogen-bond donors (Lipinski definition) is 1. The maximum absolute atomic E-state index is 11.6. The summed E-state index contributed by atoms with van der Waals surface area (Å²) in [4.78, 5) is 0. The molecule has 0 aliphatic carbocycles.